The smallest absolute Gasteiger partial charge is 0.240 e. The lowest BCUT2D eigenvalue weighted by molar-refractivity contribution is -0.135. The van der Waals surface area contributed by atoms with E-state index in [2.05, 4.69) is 25.2 Å². The molecule has 2 aliphatic rings. The number of nitrogens with one attached hydrogen (secondary N) is 1. The van der Waals surface area contributed by atoms with E-state index in [1.54, 1.807) is 0 Å². The van der Waals surface area contributed by atoms with Crippen molar-refractivity contribution in [3.8, 4) is 6.07 Å². The minimum atomic E-state index is -0.707. The molecule has 0 aromatic carbocycles. The highest BCUT2D eigenvalue weighted by atomic mass is 16.2. The summed E-state index contributed by atoms with van der Waals surface area (Å²) in [5.41, 5.74) is -0.707. The van der Waals surface area contributed by atoms with Crippen molar-refractivity contribution in [2.45, 2.75) is 64.8 Å². The normalized spacial score (nSPS) is 39.5. The number of hydrogen-bond acceptors (Lipinski definition) is 2. The summed E-state index contributed by atoms with van der Waals surface area (Å²) in [4.78, 5) is 12.2. The van der Waals surface area contributed by atoms with E-state index < -0.39 is 5.41 Å². The molecular formula is C15H24N2O. The monoisotopic (exact) mass is 248 g/mol. The summed E-state index contributed by atoms with van der Waals surface area (Å²) in [5.74, 6) is 1.35. The van der Waals surface area contributed by atoms with Crippen LogP contribution in [0.1, 0.15) is 58.8 Å². The summed E-state index contributed by atoms with van der Waals surface area (Å²) in [6.07, 6.45) is 7.33. The molecule has 0 aromatic rings. The Morgan fingerprint density at radius 1 is 1.33 bits per heavy atom. The molecule has 0 aliphatic heterocycles. The van der Waals surface area contributed by atoms with E-state index in [1.165, 1.54) is 19.3 Å². The van der Waals surface area contributed by atoms with E-state index in [1.807, 2.05) is 0 Å². The first-order valence-electron chi connectivity index (χ1n) is 7.32. The Hall–Kier alpha value is -1.04. The zero-order valence-electron chi connectivity index (χ0n) is 11.5. The van der Waals surface area contributed by atoms with Crippen molar-refractivity contribution in [1.29, 1.82) is 5.26 Å². The van der Waals surface area contributed by atoms with Crippen LogP contribution in [0.2, 0.25) is 0 Å². The summed E-state index contributed by atoms with van der Waals surface area (Å²) in [6, 6.07) is 2.55. The van der Waals surface area contributed by atoms with Gasteiger partial charge in [0.2, 0.25) is 5.91 Å². The molecule has 100 valence electrons. The van der Waals surface area contributed by atoms with Gasteiger partial charge >= 0.3 is 0 Å². The molecule has 3 heteroatoms. The highest BCUT2D eigenvalue weighted by Gasteiger charge is 2.49. The highest BCUT2D eigenvalue weighted by molar-refractivity contribution is 5.86. The van der Waals surface area contributed by atoms with Crippen molar-refractivity contribution in [2.24, 2.45) is 17.3 Å². The number of rotatable bonds is 3. The molecule has 18 heavy (non-hydrogen) atoms. The van der Waals surface area contributed by atoms with E-state index in [0.717, 1.165) is 31.6 Å². The average Bonchev–Trinajstić information content (AvgIpc) is 2.35. The number of nitriles is 1. The van der Waals surface area contributed by atoms with Gasteiger partial charge in [-0.2, -0.15) is 5.26 Å². The standard InChI is InChI=1S/C15H24N2O/c1-3-12-4-6-13(7-5-12)17-14(18)15(10-16)8-11(2)9-15/h11-13H,3-9H2,1-2H3,(H,17,18). The second-order valence-electron chi connectivity index (χ2n) is 6.31. The van der Waals surface area contributed by atoms with E-state index in [0.29, 0.717) is 12.0 Å². The Morgan fingerprint density at radius 2 is 1.94 bits per heavy atom. The number of nitrogens with zero attached hydrogens (tertiary/aromatic N) is 1. The lowest BCUT2D eigenvalue weighted by Crippen LogP contribution is -2.51. The number of hydrogen-bond donors (Lipinski definition) is 1. The van der Waals surface area contributed by atoms with Crippen LogP contribution in [0.4, 0.5) is 0 Å². The lowest BCUT2D eigenvalue weighted by Gasteiger charge is -2.40. The van der Waals surface area contributed by atoms with Crippen LogP contribution in [0.15, 0.2) is 0 Å². The van der Waals surface area contributed by atoms with Gasteiger partial charge in [-0.1, -0.05) is 20.3 Å². The number of carbonyl (C=O) groups is 1. The first kappa shape index (κ1) is 13.4. The van der Waals surface area contributed by atoms with Crippen LogP contribution in [0.3, 0.4) is 0 Å². The van der Waals surface area contributed by atoms with E-state index >= 15 is 0 Å². The topological polar surface area (TPSA) is 52.9 Å². The van der Waals surface area contributed by atoms with Crippen molar-refractivity contribution >= 4 is 5.91 Å². The quantitative estimate of drug-likeness (QED) is 0.834. The average molecular weight is 248 g/mol. The molecule has 1 amide bonds. The fourth-order valence-electron chi connectivity index (χ4n) is 3.50. The second kappa shape index (κ2) is 5.30. The fourth-order valence-corrected chi connectivity index (χ4v) is 3.50. The predicted octanol–water partition coefficient (Wildman–Crippen LogP) is 3.01. The second-order valence-corrected chi connectivity index (χ2v) is 6.31. The van der Waals surface area contributed by atoms with Crippen LogP contribution in [0, 0.1) is 28.6 Å². The first-order valence-corrected chi connectivity index (χ1v) is 7.32. The van der Waals surface area contributed by atoms with Gasteiger partial charge in [0.1, 0.15) is 5.41 Å². The van der Waals surface area contributed by atoms with E-state index in [9.17, 15) is 10.1 Å². The molecule has 0 spiro atoms. The Balaban J connectivity index is 1.84. The highest BCUT2D eigenvalue weighted by Crippen LogP contribution is 2.45. The van der Waals surface area contributed by atoms with Gasteiger partial charge in [0, 0.05) is 6.04 Å². The number of amides is 1. The first-order chi connectivity index (χ1) is 8.59. The minimum absolute atomic E-state index is 0.0111. The summed E-state index contributed by atoms with van der Waals surface area (Å²) < 4.78 is 0. The molecule has 0 bridgehead atoms. The lowest BCUT2D eigenvalue weighted by atomic mass is 9.63. The van der Waals surface area contributed by atoms with Crippen LogP contribution in [-0.2, 0) is 4.79 Å². The molecule has 2 aliphatic carbocycles. The van der Waals surface area contributed by atoms with Gasteiger partial charge in [0.25, 0.3) is 0 Å². The molecule has 2 rings (SSSR count). The summed E-state index contributed by atoms with van der Waals surface area (Å²) >= 11 is 0. The van der Waals surface area contributed by atoms with Crippen molar-refractivity contribution in [1.82, 2.24) is 5.32 Å². The van der Waals surface area contributed by atoms with Crippen LogP contribution >= 0.6 is 0 Å². The largest absolute Gasteiger partial charge is 0.352 e. The SMILES string of the molecule is CCC1CCC(NC(=O)C2(C#N)CC(C)C2)CC1. The van der Waals surface area contributed by atoms with Gasteiger partial charge < -0.3 is 5.32 Å². The van der Waals surface area contributed by atoms with Gasteiger partial charge in [-0.25, -0.2) is 0 Å². The molecule has 0 heterocycles. The maximum atomic E-state index is 12.2. The maximum Gasteiger partial charge on any atom is 0.240 e. The van der Waals surface area contributed by atoms with Crippen LogP contribution in [-0.4, -0.2) is 11.9 Å². The predicted molar refractivity (Wildman–Crippen MR) is 70.6 cm³/mol. The van der Waals surface area contributed by atoms with Crippen LogP contribution in [0.25, 0.3) is 0 Å². The van der Waals surface area contributed by atoms with Crippen molar-refractivity contribution in [2.75, 3.05) is 0 Å². The molecule has 2 fully saturated rings. The Labute approximate surface area is 110 Å². The molecule has 3 nitrogen and oxygen atoms in total. The Bertz CT molecular complexity index is 344. The van der Waals surface area contributed by atoms with Gasteiger partial charge in [0.15, 0.2) is 0 Å². The zero-order chi connectivity index (χ0) is 13.2. The Kier molecular flexibility index (Phi) is 3.94. The van der Waals surface area contributed by atoms with Crippen LogP contribution in [0.5, 0.6) is 0 Å². The van der Waals surface area contributed by atoms with Crippen molar-refractivity contribution in [3.05, 3.63) is 0 Å². The molecule has 0 radical (unpaired) electrons. The molecule has 0 unspecified atom stereocenters. The zero-order valence-corrected chi connectivity index (χ0v) is 11.5. The molecular weight excluding hydrogens is 224 g/mol. The third kappa shape index (κ3) is 2.53. The van der Waals surface area contributed by atoms with E-state index in [-0.39, 0.29) is 5.91 Å². The van der Waals surface area contributed by atoms with Gasteiger partial charge in [-0.05, 0) is 50.4 Å². The molecule has 2 saturated carbocycles. The number of carbonyl (C=O) groups excluding carboxylic acids is 1. The minimum Gasteiger partial charge on any atom is -0.352 e. The molecule has 0 saturated heterocycles. The third-order valence-electron chi connectivity index (χ3n) is 4.80. The molecule has 1 N–H and O–H groups in total. The Morgan fingerprint density at radius 3 is 2.39 bits per heavy atom. The molecule has 0 atom stereocenters. The summed E-state index contributed by atoms with van der Waals surface area (Å²) in [7, 11) is 0. The summed E-state index contributed by atoms with van der Waals surface area (Å²) in [6.45, 7) is 4.35. The maximum absolute atomic E-state index is 12.2. The van der Waals surface area contributed by atoms with Crippen molar-refractivity contribution < 1.29 is 4.79 Å². The van der Waals surface area contributed by atoms with Crippen LogP contribution < -0.4 is 5.32 Å². The van der Waals surface area contributed by atoms with Gasteiger partial charge in [-0.3, -0.25) is 4.79 Å². The fraction of sp³-hybridized carbons (Fsp3) is 0.867. The molecule has 0 aromatic heterocycles. The van der Waals surface area contributed by atoms with Gasteiger partial charge in [-0.15, -0.1) is 0 Å². The van der Waals surface area contributed by atoms with E-state index in [4.69, 9.17) is 0 Å². The summed E-state index contributed by atoms with van der Waals surface area (Å²) in [5, 5.41) is 12.3. The third-order valence-corrected chi connectivity index (χ3v) is 4.80. The van der Waals surface area contributed by atoms with Crippen molar-refractivity contribution in [3.63, 3.8) is 0 Å². The van der Waals surface area contributed by atoms with Gasteiger partial charge in [0.05, 0.1) is 6.07 Å².